The van der Waals surface area contributed by atoms with Crippen LogP contribution in [0.3, 0.4) is 0 Å². The molecule has 6 heteroatoms. The van der Waals surface area contributed by atoms with Crippen LogP contribution in [0.2, 0.25) is 0 Å². The van der Waals surface area contributed by atoms with Gasteiger partial charge in [-0.25, -0.2) is 13.1 Å². The van der Waals surface area contributed by atoms with Gasteiger partial charge in [-0.05, 0) is 23.6 Å². The molecule has 18 heavy (non-hydrogen) atoms. The van der Waals surface area contributed by atoms with Crippen molar-refractivity contribution in [3.8, 4) is 0 Å². The number of hydrogen-bond donors (Lipinski definition) is 2. The Kier molecular flexibility index (Phi) is 5.74. The SMILES string of the molecule is CCc1ccc(CO)cc1S(=O)(=O)NCCOC. The molecule has 102 valence electrons. The van der Waals surface area contributed by atoms with Gasteiger partial charge in [0, 0.05) is 13.7 Å². The standard InChI is InChI=1S/C12H19NO4S/c1-3-11-5-4-10(9-14)8-12(11)18(15,16)13-6-7-17-2/h4-5,8,13-14H,3,6-7,9H2,1-2H3. The Bertz CT molecular complexity index is 485. The Morgan fingerprint density at radius 3 is 2.67 bits per heavy atom. The minimum atomic E-state index is -3.55. The predicted octanol–water partition coefficient (Wildman–Crippen LogP) is 0.666. The van der Waals surface area contributed by atoms with Crippen LogP contribution in [0, 0.1) is 0 Å². The molecule has 0 heterocycles. The molecule has 0 aromatic heterocycles. The second-order valence-corrected chi connectivity index (χ2v) is 5.58. The van der Waals surface area contributed by atoms with Gasteiger partial charge in [0.05, 0.1) is 18.1 Å². The number of methoxy groups -OCH3 is 1. The summed E-state index contributed by atoms with van der Waals surface area (Å²) in [4.78, 5) is 0.229. The maximum atomic E-state index is 12.1. The summed E-state index contributed by atoms with van der Waals surface area (Å²) in [5.74, 6) is 0. The first kappa shape index (κ1) is 15.1. The van der Waals surface area contributed by atoms with Crippen molar-refractivity contribution in [2.24, 2.45) is 0 Å². The van der Waals surface area contributed by atoms with Crippen LogP contribution in [0.4, 0.5) is 0 Å². The summed E-state index contributed by atoms with van der Waals surface area (Å²) < 4.78 is 31.5. The number of aliphatic hydroxyl groups is 1. The quantitative estimate of drug-likeness (QED) is 0.716. The molecule has 0 unspecified atom stereocenters. The normalized spacial score (nSPS) is 11.7. The first-order valence-corrected chi connectivity index (χ1v) is 7.24. The van der Waals surface area contributed by atoms with E-state index in [1.807, 2.05) is 6.92 Å². The van der Waals surface area contributed by atoms with Gasteiger partial charge in [-0.15, -0.1) is 0 Å². The van der Waals surface area contributed by atoms with Gasteiger partial charge in [0.25, 0.3) is 0 Å². The Balaban J connectivity index is 3.05. The van der Waals surface area contributed by atoms with Gasteiger partial charge >= 0.3 is 0 Å². The highest BCUT2D eigenvalue weighted by molar-refractivity contribution is 7.89. The zero-order valence-electron chi connectivity index (χ0n) is 10.6. The molecule has 1 rings (SSSR count). The third-order valence-electron chi connectivity index (χ3n) is 2.58. The largest absolute Gasteiger partial charge is 0.392 e. The number of nitrogens with one attached hydrogen (secondary N) is 1. The van der Waals surface area contributed by atoms with Crippen LogP contribution in [0.1, 0.15) is 18.1 Å². The van der Waals surface area contributed by atoms with E-state index in [-0.39, 0.29) is 18.0 Å². The fourth-order valence-corrected chi connectivity index (χ4v) is 2.97. The smallest absolute Gasteiger partial charge is 0.240 e. The summed E-state index contributed by atoms with van der Waals surface area (Å²) >= 11 is 0. The molecule has 0 fully saturated rings. The molecular weight excluding hydrogens is 254 g/mol. The number of aliphatic hydroxyl groups excluding tert-OH is 1. The van der Waals surface area contributed by atoms with E-state index in [1.165, 1.54) is 13.2 Å². The van der Waals surface area contributed by atoms with Crippen LogP contribution in [0.25, 0.3) is 0 Å². The average molecular weight is 273 g/mol. The first-order chi connectivity index (χ1) is 8.55. The summed E-state index contributed by atoms with van der Waals surface area (Å²) in [5, 5.41) is 9.07. The topological polar surface area (TPSA) is 75.6 Å². The maximum absolute atomic E-state index is 12.1. The summed E-state index contributed by atoms with van der Waals surface area (Å²) in [6.07, 6.45) is 0.617. The number of benzene rings is 1. The highest BCUT2D eigenvalue weighted by Gasteiger charge is 2.17. The average Bonchev–Trinajstić information content (AvgIpc) is 2.38. The Labute approximate surface area is 108 Å². The summed E-state index contributed by atoms with van der Waals surface area (Å²) in [5.41, 5.74) is 1.32. The molecule has 0 saturated heterocycles. The number of hydrogen-bond acceptors (Lipinski definition) is 4. The van der Waals surface area contributed by atoms with Crippen molar-refractivity contribution >= 4 is 10.0 Å². The monoisotopic (exact) mass is 273 g/mol. The molecule has 1 aromatic carbocycles. The molecule has 0 bridgehead atoms. The van der Waals surface area contributed by atoms with Crippen LogP contribution in [-0.2, 0) is 27.8 Å². The fourth-order valence-electron chi connectivity index (χ4n) is 1.60. The molecule has 0 spiro atoms. The molecule has 0 radical (unpaired) electrons. The first-order valence-electron chi connectivity index (χ1n) is 5.76. The van der Waals surface area contributed by atoms with Crippen molar-refractivity contribution in [1.82, 2.24) is 4.72 Å². The molecule has 1 aromatic rings. The lowest BCUT2D eigenvalue weighted by atomic mass is 10.1. The summed E-state index contributed by atoms with van der Waals surface area (Å²) in [6, 6.07) is 4.97. The van der Waals surface area contributed by atoms with Gasteiger partial charge < -0.3 is 9.84 Å². The Morgan fingerprint density at radius 2 is 2.11 bits per heavy atom. The van der Waals surface area contributed by atoms with Crippen molar-refractivity contribution in [1.29, 1.82) is 0 Å². The lowest BCUT2D eigenvalue weighted by Crippen LogP contribution is -2.28. The van der Waals surface area contributed by atoms with Crippen LogP contribution >= 0.6 is 0 Å². The third kappa shape index (κ3) is 3.78. The molecule has 2 N–H and O–H groups in total. The van der Waals surface area contributed by atoms with Crippen molar-refractivity contribution in [3.05, 3.63) is 29.3 Å². The molecule has 0 atom stereocenters. The number of aryl methyl sites for hydroxylation is 1. The molecule has 0 saturated carbocycles. The van der Waals surface area contributed by atoms with Crippen molar-refractivity contribution < 1.29 is 18.3 Å². The molecule has 0 aliphatic heterocycles. The van der Waals surface area contributed by atoms with Crippen LogP contribution in [0.5, 0.6) is 0 Å². The van der Waals surface area contributed by atoms with E-state index in [9.17, 15) is 8.42 Å². The van der Waals surface area contributed by atoms with Crippen molar-refractivity contribution in [2.45, 2.75) is 24.8 Å². The number of sulfonamides is 1. The van der Waals surface area contributed by atoms with E-state index in [2.05, 4.69) is 4.72 Å². The van der Waals surface area contributed by atoms with E-state index in [0.29, 0.717) is 18.6 Å². The van der Waals surface area contributed by atoms with Gasteiger partial charge in [-0.2, -0.15) is 0 Å². The van der Waals surface area contributed by atoms with Crippen molar-refractivity contribution in [2.75, 3.05) is 20.3 Å². The zero-order chi connectivity index (χ0) is 13.6. The highest BCUT2D eigenvalue weighted by Crippen LogP contribution is 2.18. The van der Waals surface area contributed by atoms with E-state index in [0.717, 1.165) is 5.56 Å². The molecular formula is C12H19NO4S. The number of rotatable bonds is 7. The van der Waals surface area contributed by atoms with E-state index >= 15 is 0 Å². The van der Waals surface area contributed by atoms with Gasteiger partial charge in [0.1, 0.15) is 0 Å². The summed E-state index contributed by atoms with van der Waals surface area (Å²) in [7, 11) is -2.04. The number of ether oxygens (including phenoxy) is 1. The lowest BCUT2D eigenvalue weighted by Gasteiger charge is -2.11. The lowest BCUT2D eigenvalue weighted by molar-refractivity contribution is 0.204. The Morgan fingerprint density at radius 1 is 1.39 bits per heavy atom. The van der Waals surface area contributed by atoms with Crippen LogP contribution < -0.4 is 4.72 Å². The predicted molar refractivity (Wildman–Crippen MR) is 68.8 cm³/mol. The van der Waals surface area contributed by atoms with Gasteiger partial charge in [-0.3, -0.25) is 0 Å². The minimum Gasteiger partial charge on any atom is -0.392 e. The second kappa shape index (κ2) is 6.84. The maximum Gasteiger partial charge on any atom is 0.240 e. The van der Waals surface area contributed by atoms with Crippen molar-refractivity contribution in [3.63, 3.8) is 0 Å². The second-order valence-electron chi connectivity index (χ2n) is 3.84. The fraction of sp³-hybridized carbons (Fsp3) is 0.500. The molecule has 5 nitrogen and oxygen atoms in total. The molecule has 0 amide bonds. The zero-order valence-corrected chi connectivity index (χ0v) is 11.5. The van der Waals surface area contributed by atoms with E-state index in [1.54, 1.807) is 12.1 Å². The van der Waals surface area contributed by atoms with E-state index < -0.39 is 10.0 Å². The minimum absolute atomic E-state index is 0.176. The summed E-state index contributed by atoms with van der Waals surface area (Å²) in [6.45, 7) is 2.26. The van der Waals surface area contributed by atoms with Gasteiger partial charge in [0.2, 0.25) is 10.0 Å². The highest BCUT2D eigenvalue weighted by atomic mass is 32.2. The van der Waals surface area contributed by atoms with E-state index in [4.69, 9.17) is 9.84 Å². The van der Waals surface area contributed by atoms with Crippen LogP contribution in [-0.4, -0.2) is 33.8 Å². The Hall–Kier alpha value is -0.950. The molecule has 0 aliphatic rings. The third-order valence-corrected chi connectivity index (χ3v) is 4.13. The van der Waals surface area contributed by atoms with Gasteiger partial charge in [0.15, 0.2) is 0 Å². The van der Waals surface area contributed by atoms with Gasteiger partial charge in [-0.1, -0.05) is 19.1 Å². The molecule has 0 aliphatic carbocycles. The van der Waals surface area contributed by atoms with Crippen LogP contribution in [0.15, 0.2) is 23.1 Å².